The van der Waals surface area contributed by atoms with Crippen molar-refractivity contribution in [3.8, 4) is 17.3 Å². The largest absolute Gasteiger partial charge is 0.480 e. The lowest BCUT2D eigenvalue weighted by Crippen LogP contribution is -2.17. The Morgan fingerprint density at radius 2 is 2.10 bits per heavy atom. The molecule has 0 spiro atoms. The maximum atomic E-state index is 11.9. The molecule has 1 atom stereocenters. The molecule has 0 saturated carbocycles. The number of nitrogens with one attached hydrogen (secondary N) is 1. The van der Waals surface area contributed by atoms with Crippen molar-refractivity contribution < 1.29 is 9.90 Å². The van der Waals surface area contributed by atoms with E-state index in [0.29, 0.717) is 5.56 Å². The Morgan fingerprint density at radius 1 is 1.43 bits per heavy atom. The lowest BCUT2D eigenvalue weighted by atomic mass is 10.1. The number of hydrogen-bond acceptors (Lipinski definition) is 5. The molecular weight excluding hydrogens is 290 g/mol. The average molecular weight is 301 g/mol. The number of carboxylic acids is 1. The Balaban J connectivity index is 2.54. The van der Waals surface area contributed by atoms with Crippen LogP contribution in [0.5, 0.6) is 0 Å². The quantitative estimate of drug-likeness (QED) is 0.659. The fourth-order valence-electron chi connectivity index (χ4n) is 1.63. The third kappa shape index (κ3) is 3.30. The minimum Gasteiger partial charge on any atom is -0.480 e. The van der Waals surface area contributed by atoms with Gasteiger partial charge in [-0.15, -0.1) is 0 Å². The molecule has 0 aliphatic carbocycles. The van der Waals surface area contributed by atoms with Crippen LogP contribution in [0.1, 0.15) is 12.5 Å². The highest BCUT2D eigenvalue weighted by Crippen LogP contribution is 2.23. The Kier molecular flexibility index (Phi) is 4.40. The van der Waals surface area contributed by atoms with Crippen molar-refractivity contribution in [2.45, 2.75) is 17.3 Å². The second-order valence-electron chi connectivity index (χ2n) is 4.17. The van der Waals surface area contributed by atoms with Crippen LogP contribution >= 0.6 is 11.8 Å². The summed E-state index contributed by atoms with van der Waals surface area (Å²) in [6.45, 7) is 1.49. The topological polar surface area (TPSA) is 107 Å². The zero-order valence-electron chi connectivity index (χ0n) is 11.0. The van der Waals surface area contributed by atoms with E-state index in [9.17, 15) is 9.59 Å². The number of H-pyrrole nitrogens is 1. The van der Waals surface area contributed by atoms with Crippen LogP contribution in [0.4, 0.5) is 0 Å². The summed E-state index contributed by atoms with van der Waals surface area (Å²) < 4.78 is 0. The van der Waals surface area contributed by atoms with Crippen molar-refractivity contribution in [3.05, 3.63) is 46.2 Å². The number of carbonyl (C=O) groups is 1. The number of nitrogens with zero attached hydrogens (tertiary/aromatic N) is 2. The zero-order valence-corrected chi connectivity index (χ0v) is 11.8. The molecule has 0 aliphatic rings. The molecule has 2 aromatic rings. The van der Waals surface area contributed by atoms with E-state index in [2.05, 4.69) is 9.97 Å². The molecule has 2 N–H and O–H groups in total. The number of carboxylic acid groups (broad SMARTS) is 1. The average Bonchev–Trinajstić information content (AvgIpc) is 2.47. The van der Waals surface area contributed by atoms with E-state index in [-0.39, 0.29) is 16.4 Å². The summed E-state index contributed by atoms with van der Waals surface area (Å²) in [5.41, 5.74) is 0.215. The molecule has 0 fully saturated rings. The number of aromatic amines is 1. The maximum absolute atomic E-state index is 11.9. The summed E-state index contributed by atoms with van der Waals surface area (Å²) in [6, 6.07) is 10.7. The molecule has 1 aromatic carbocycles. The molecule has 21 heavy (non-hydrogen) atoms. The molecule has 1 heterocycles. The second kappa shape index (κ2) is 6.24. The molecule has 0 aliphatic heterocycles. The minimum absolute atomic E-state index is 0.0893. The summed E-state index contributed by atoms with van der Waals surface area (Å²) in [6.07, 6.45) is 0. The summed E-state index contributed by atoms with van der Waals surface area (Å²) in [4.78, 5) is 29.5. The Hall–Kier alpha value is -2.59. The van der Waals surface area contributed by atoms with Crippen LogP contribution in [0.25, 0.3) is 11.3 Å². The number of aromatic nitrogens is 2. The van der Waals surface area contributed by atoms with E-state index >= 15 is 0 Å². The lowest BCUT2D eigenvalue weighted by molar-refractivity contribution is -0.136. The van der Waals surface area contributed by atoms with Crippen LogP contribution in [-0.4, -0.2) is 26.3 Å². The van der Waals surface area contributed by atoms with E-state index in [1.165, 1.54) is 6.92 Å². The van der Waals surface area contributed by atoms with Crippen LogP contribution in [0.15, 0.2) is 40.3 Å². The van der Waals surface area contributed by atoms with Crippen LogP contribution in [-0.2, 0) is 4.79 Å². The van der Waals surface area contributed by atoms with Gasteiger partial charge in [0, 0.05) is 5.56 Å². The molecule has 106 valence electrons. The fourth-order valence-corrected chi connectivity index (χ4v) is 2.37. The summed E-state index contributed by atoms with van der Waals surface area (Å²) in [7, 11) is 0. The van der Waals surface area contributed by atoms with Gasteiger partial charge in [0.1, 0.15) is 16.9 Å². The van der Waals surface area contributed by atoms with Gasteiger partial charge in [-0.25, -0.2) is 4.98 Å². The first-order valence-corrected chi connectivity index (χ1v) is 6.90. The number of rotatable bonds is 4. The van der Waals surface area contributed by atoms with E-state index < -0.39 is 16.8 Å². The third-order valence-electron chi connectivity index (χ3n) is 2.69. The van der Waals surface area contributed by atoms with Crippen LogP contribution in [0, 0.1) is 11.3 Å². The highest BCUT2D eigenvalue weighted by molar-refractivity contribution is 8.00. The van der Waals surface area contributed by atoms with Gasteiger partial charge in [0.15, 0.2) is 5.16 Å². The maximum Gasteiger partial charge on any atom is 0.316 e. The lowest BCUT2D eigenvalue weighted by Gasteiger charge is -2.08. The highest BCUT2D eigenvalue weighted by atomic mass is 32.2. The molecule has 1 aromatic heterocycles. The van der Waals surface area contributed by atoms with Gasteiger partial charge >= 0.3 is 5.97 Å². The van der Waals surface area contributed by atoms with Crippen molar-refractivity contribution >= 4 is 17.7 Å². The Labute approximate surface area is 124 Å². The Bertz CT molecular complexity index is 765. The SMILES string of the molecule is C[C@H](Sc1nc(-c2ccccc2)c(C#N)c(=O)[nH]1)C(=O)O. The number of nitriles is 1. The molecule has 0 saturated heterocycles. The van der Waals surface area contributed by atoms with Crippen molar-refractivity contribution in [2.75, 3.05) is 0 Å². The predicted molar refractivity (Wildman–Crippen MR) is 78.0 cm³/mol. The molecular formula is C14H11N3O3S. The molecule has 6 nitrogen and oxygen atoms in total. The first-order chi connectivity index (χ1) is 10.0. The standard InChI is InChI=1S/C14H11N3O3S/c1-8(13(19)20)21-14-16-11(9-5-3-2-4-6-9)10(7-15)12(18)17-14/h2-6,8H,1H3,(H,19,20)(H,16,17,18)/t8-/m0/s1. The molecule has 0 radical (unpaired) electrons. The predicted octanol–water partition coefficient (Wildman–Crippen LogP) is 1.87. The molecule has 2 rings (SSSR count). The van der Waals surface area contributed by atoms with Gasteiger partial charge in [-0.2, -0.15) is 5.26 Å². The van der Waals surface area contributed by atoms with Gasteiger partial charge in [0.25, 0.3) is 5.56 Å². The molecule has 7 heteroatoms. The molecule has 0 amide bonds. The smallest absolute Gasteiger partial charge is 0.316 e. The van der Waals surface area contributed by atoms with Gasteiger partial charge in [-0.3, -0.25) is 9.59 Å². The van der Waals surface area contributed by atoms with Crippen molar-refractivity contribution in [1.29, 1.82) is 5.26 Å². The number of thioether (sulfide) groups is 1. The number of benzene rings is 1. The molecule has 0 bridgehead atoms. The Morgan fingerprint density at radius 3 is 2.67 bits per heavy atom. The third-order valence-corrected chi connectivity index (χ3v) is 3.66. The van der Waals surface area contributed by atoms with Gasteiger partial charge in [-0.1, -0.05) is 42.1 Å². The van der Waals surface area contributed by atoms with Crippen LogP contribution in [0.2, 0.25) is 0 Å². The molecule has 0 unspecified atom stereocenters. The van der Waals surface area contributed by atoms with E-state index in [4.69, 9.17) is 10.4 Å². The van der Waals surface area contributed by atoms with Crippen molar-refractivity contribution in [2.24, 2.45) is 0 Å². The normalized spacial score (nSPS) is 11.6. The van der Waals surface area contributed by atoms with Gasteiger partial charge in [0.2, 0.25) is 0 Å². The summed E-state index contributed by atoms with van der Waals surface area (Å²) in [5, 5.41) is 17.4. The minimum atomic E-state index is -1.01. The fraction of sp³-hybridized carbons (Fsp3) is 0.143. The van der Waals surface area contributed by atoms with Crippen molar-refractivity contribution in [3.63, 3.8) is 0 Å². The number of aliphatic carboxylic acids is 1. The monoisotopic (exact) mass is 301 g/mol. The second-order valence-corrected chi connectivity index (χ2v) is 5.50. The summed E-state index contributed by atoms with van der Waals surface area (Å²) >= 11 is 0.918. The van der Waals surface area contributed by atoms with E-state index in [0.717, 1.165) is 11.8 Å². The van der Waals surface area contributed by atoms with E-state index in [1.54, 1.807) is 24.3 Å². The van der Waals surface area contributed by atoms with Gasteiger partial charge in [-0.05, 0) is 6.92 Å². The van der Waals surface area contributed by atoms with Gasteiger partial charge in [0.05, 0.1) is 5.69 Å². The first kappa shape index (κ1) is 14.8. The van der Waals surface area contributed by atoms with Crippen molar-refractivity contribution in [1.82, 2.24) is 9.97 Å². The van der Waals surface area contributed by atoms with Gasteiger partial charge < -0.3 is 10.1 Å². The highest BCUT2D eigenvalue weighted by Gasteiger charge is 2.18. The zero-order chi connectivity index (χ0) is 15.4. The van der Waals surface area contributed by atoms with Crippen LogP contribution in [0.3, 0.4) is 0 Å². The van der Waals surface area contributed by atoms with E-state index in [1.807, 2.05) is 12.1 Å². The summed E-state index contributed by atoms with van der Waals surface area (Å²) in [5.74, 6) is -1.01. The first-order valence-electron chi connectivity index (χ1n) is 6.02. The number of hydrogen-bond donors (Lipinski definition) is 2. The van der Waals surface area contributed by atoms with Crippen LogP contribution < -0.4 is 5.56 Å².